The van der Waals surface area contributed by atoms with Gasteiger partial charge in [-0.25, -0.2) is 4.79 Å². The molecule has 2 fully saturated rings. The number of piperidine rings is 1. The van der Waals surface area contributed by atoms with Gasteiger partial charge < -0.3 is 25.4 Å². The third-order valence-electron chi connectivity index (χ3n) is 4.41. The summed E-state index contributed by atoms with van der Waals surface area (Å²) in [6, 6.07) is -0.474. The highest BCUT2D eigenvalue weighted by atomic mass is 16.5. The molecule has 0 aromatic carbocycles. The summed E-state index contributed by atoms with van der Waals surface area (Å²) in [6.07, 6.45) is 2.63. The highest BCUT2D eigenvalue weighted by Crippen LogP contribution is 2.24. The van der Waals surface area contributed by atoms with Crippen LogP contribution in [0, 0.1) is 5.92 Å². The Kier molecular flexibility index (Phi) is 5.05. The molecule has 0 radical (unpaired) electrons. The Bertz CT molecular complexity index is 396. The SMILES string of the molecule is CN(CC1(O)CCOCC1)C(=O)C1CCCN(C(N)=O)C1. The molecule has 2 rings (SSSR count). The van der Waals surface area contributed by atoms with E-state index in [2.05, 4.69) is 0 Å². The molecular weight excluding hydrogens is 274 g/mol. The van der Waals surface area contributed by atoms with Gasteiger partial charge in [0.2, 0.25) is 5.91 Å². The Morgan fingerprint density at radius 3 is 2.71 bits per heavy atom. The van der Waals surface area contributed by atoms with Crippen molar-refractivity contribution in [1.82, 2.24) is 9.80 Å². The molecule has 7 nitrogen and oxygen atoms in total. The van der Waals surface area contributed by atoms with E-state index in [1.807, 2.05) is 0 Å². The molecule has 21 heavy (non-hydrogen) atoms. The molecule has 2 aliphatic rings. The Labute approximate surface area is 125 Å². The number of rotatable bonds is 3. The minimum absolute atomic E-state index is 0.0270. The first kappa shape index (κ1) is 16.0. The number of aliphatic hydroxyl groups is 1. The number of urea groups is 1. The van der Waals surface area contributed by atoms with Crippen LogP contribution in [0.15, 0.2) is 0 Å². The topological polar surface area (TPSA) is 96.1 Å². The quantitative estimate of drug-likeness (QED) is 0.753. The van der Waals surface area contributed by atoms with Crippen molar-refractivity contribution in [3.05, 3.63) is 0 Å². The minimum Gasteiger partial charge on any atom is -0.388 e. The van der Waals surface area contributed by atoms with Crippen molar-refractivity contribution >= 4 is 11.9 Å². The predicted octanol–water partition coefficient (Wildman–Crippen LogP) is -0.223. The summed E-state index contributed by atoms with van der Waals surface area (Å²) in [4.78, 5) is 26.8. The summed E-state index contributed by atoms with van der Waals surface area (Å²) in [7, 11) is 1.71. The number of primary amides is 1. The number of carbonyl (C=O) groups excluding carboxylic acids is 2. The zero-order valence-corrected chi connectivity index (χ0v) is 12.6. The zero-order valence-electron chi connectivity index (χ0n) is 12.6. The van der Waals surface area contributed by atoms with E-state index in [1.54, 1.807) is 11.9 Å². The average Bonchev–Trinajstić information content (AvgIpc) is 2.46. The van der Waals surface area contributed by atoms with Gasteiger partial charge in [0.25, 0.3) is 0 Å². The number of amides is 3. The molecule has 2 heterocycles. The van der Waals surface area contributed by atoms with Gasteiger partial charge in [0.05, 0.1) is 11.5 Å². The van der Waals surface area contributed by atoms with E-state index in [-0.39, 0.29) is 11.8 Å². The first-order chi connectivity index (χ1) is 9.91. The molecule has 2 saturated heterocycles. The lowest BCUT2D eigenvalue weighted by molar-refractivity contribution is -0.142. The smallest absolute Gasteiger partial charge is 0.314 e. The molecule has 0 aromatic rings. The standard InChI is InChI=1S/C14H25N3O4/c1-16(10-14(20)4-7-21-8-5-14)12(18)11-3-2-6-17(9-11)13(15)19/h11,20H,2-10H2,1H3,(H2,15,19). The maximum atomic E-state index is 12.5. The van der Waals surface area contributed by atoms with E-state index in [4.69, 9.17) is 10.5 Å². The number of nitrogens with two attached hydrogens (primary N) is 1. The van der Waals surface area contributed by atoms with Gasteiger partial charge in [-0.2, -0.15) is 0 Å². The lowest BCUT2D eigenvalue weighted by atomic mass is 9.92. The monoisotopic (exact) mass is 299 g/mol. The van der Waals surface area contributed by atoms with Crippen LogP contribution in [0.25, 0.3) is 0 Å². The van der Waals surface area contributed by atoms with Crippen LogP contribution < -0.4 is 5.73 Å². The fourth-order valence-corrected chi connectivity index (χ4v) is 3.12. The van der Waals surface area contributed by atoms with Gasteiger partial charge in [0, 0.05) is 52.7 Å². The Morgan fingerprint density at radius 1 is 1.43 bits per heavy atom. The number of carbonyl (C=O) groups is 2. The van der Waals surface area contributed by atoms with Crippen LogP contribution >= 0.6 is 0 Å². The van der Waals surface area contributed by atoms with Crippen LogP contribution in [0.2, 0.25) is 0 Å². The van der Waals surface area contributed by atoms with Crippen molar-refractivity contribution in [2.24, 2.45) is 11.7 Å². The maximum Gasteiger partial charge on any atom is 0.314 e. The molecule has 120 valence electrons. The fraction of sp³-hybridized carbons (Fsp3) is 0.857. The normalized spacial score (nSPS) is 25.4. The second-order valence-electron chi connectivity index (χ2n) is 6.15. The first-order valence-electron chi connectivity index (χ1n) is 7.51. The summed E-state index contributed by atoms with van der Waals surface area (Å²) in [5.41, 5.74) is 4.42. The number of ether oxygens (including phenoxy) is 1. The lowest BCUT2D eigenvalue weighted by Crippen LogP contribution is -2.51. The lowest BCUT2D eigenvalue weighted by Gasteiger charge is -2.38. The average molecular weight is 299 g/mol. The van der Waals surface area contributed by atoms with Gasteiger partial charge in [-0.3, -0.25) is 4.79 Å². The molecule has 0 bridgehead atoms. The molecule has 2 aliphatic heterocycles. The van der Waals surface area contributed by atoms with Crippen LogP contribution in [-0.4, -0.2) is 72.3 Å². The van der Waals surface area contributed by atoms with Crippen LogP contribution in [0.3, 0.4) is 0 Å². The summed E-state index contributed by atoms with van der Waals surface area (Å²) in [5.74, 6) is -0.249. The van der Waals surface area contributed by atoms with Crippen molar-refractivity contribution in [3.8, 4) is 0 Å². The summed E-state index contributed by atoms with van der Waals surface area (Å²) >= 11 is 0. The van der Waals surface area contributed by atoms with Gasteiger partial charge >= 0.3 is 6.03 Å². The van der Waals surface area contributed by atoms with E-state index >= 15 is 0 Å². The van der Waals surface area contributed by atoms with Crippen molar-refractivity contribution in [2.75, 3.05) is 39.9 Å². The Morgan fingerprint density at radius 2 is 2.10 bits per heavy atom. The Hall–Kier alpha value is -1.34. The van der Waals surface area contributed by atoms with Gasteiger partial charge in [-0.15, -0.1) is 0 Å². The van der Waals surface area contributed by atoms with Gasteiger partial charge in [0.1, 0.15) is 0 Å². The number of hydrogen-bond acceptors (Lipinski definition) is 4. The predicted molar refractivity (Wildman–Crippen MR) is 76.5 cm³/mol. The zero-order chi connectivity index (χ0) is 15.5. The molecule has 0 aromatic heterocycles. The van der Waals surface area contributed by atoms with Crippen LogP contribution in [0.1, 0.15) is 25.7 Å². The summed E-state index contributed by atoms with van der Waals surface area (Å²) in [5, 5.41) is 10.5. The van der Waals surface area contributed by atoms with Crippen LogP contribution in [-0.2, 0) is 9.53 Å². The van der Waals surface area contributed by atoms with E-state index in [1.165, 1.54) is 4.90 Å². The molecule has 3 amide bonds. The first-order valence-corrected chi connectivity index (χ1v) is 7.51. The highest BCUT2D eigenvalue weighted by molar-refractivity contribution is 5.80. The van der Waals surface area contributed by atoms with E-state index in [0.717, 1.165) is 12.8 Å². The third-order valence-corrected chi connectivity index (χ3v) is 4.41. The molecule has 1 unspecified atom stereocenters. The number of hydrogen-bond donors (Lipinski definition) is 2. The number of likely N-dealkylation sites (N-methyl/N-ethyl adjacent to an activating group) is 1. The van der Waals surface area contributed by atoms with E-state index in [9.17, 15) is 14.7 Å². The number of nitrogens with zero attached hydrogens (tertiary/aromatic N) is 2. The van der Waals surface area contributed by atoms with Crippen LogP contribution in [0.4, 0.5) is 4.79 Å². The van der Waals surface area contributed by atoms with Gasteiger partial charge in [-0.1, -0.05) is 0 Å². The molecule has 0 spiro atoms. The van der Waals surface area contributed by atoms with Crippen molar-refractivity contribution in [3.63, 3.8) is 0 Å². The summed E-state index contributed by atoms with van der Waals surface area (Å²) in [6.45, 7) is 2.35. The third kappa shape index (κ3) is 4.07. The largest absolute Gasteiger partial charge is 0.388 e. The molecule has 0 saturated carbocycles. The second-order valence-corrected chi connectivity index (χ2v) is 6.15. The van der Waals surface area contributed by atoms with Gasteiger partial charge in [0.15, 0.2) is 0 Å². The fourth-order valence-electron chi connectivity index (χ4n) is 3.12. The molecule has 1 atom stereocenters. The van der Waals surface area contributed by atoms with Crippen LogP contribution in [0.5, 0.6) is 0 Å². The van der Waals surface area contributed by atoms with Crippen molar-refractivity contribution in [2.45, 2.75) is 31.3 Å². The van der Waals surface area contributed by atoms with E-state index < -0.39 is 11.6 Å². The Balaban J connectivity index is 1.90. The van der Waals surface area contributed by atoms with Crippen molar-refractivity contribution in [1.29, 1.82) is 0 Å². The summed E-state index contributed by atoms with van der Waals surface area (Å²) < 4.78 is 5.24. The van der Waals surface area contributed by atoms with E-state index in [0.29, 0.717) is 45.7 Å². The van der Waals surface area contributed by atoms with Crippen molar-refractivity contribution < 1.29 is 19.4 Å². The van der Waals surface area contributed by atoms with Gasteiger partial charge in [-0.05, 0) is 12.8 Å². The highest BCUT2D eigenvalue weighted by Gasteiger charge is 2.35. The molecule has 7 heteroatoms. The maximum absolute atomic E-state index is 12.5. The molecule has 0 aliphatic carbocycles. The molecular formula is C14H25N3O4. The second kappa shape index (κ2) is 6.62. The molecule has 3 N–H and O–H groups in total. The minimum atomic E-state index is -0.860. The number of likely N-dealkylation sites (tertiary alicyclic amines) is 1.